The molecule has 0 amide bonds. The fourth-order valence-corrected chi connectivity index (χ4v) is 1.17. The van der Waals surface area contributed by atoms with Gasteiger partial charge in [0.1, 0.15) is 6.33 Å². The van der Waals surface area contributed by atoms with Crippen molar-refractivity contribution in [2.45, 2.75) is 5.16 Å². The van der Waals surface area contributed by atoms with E-state index in [1.807, 2.05) is 0 Å². The molecule has 0 aliphatic rings. The number of aromatic amines is 1. The number of carbonyl (C=O) groups is 1. The second kappa shape index (κ2) is 3.35. The maximum absolute atomic E-state index is 10.9. The summed E-state index contributed by atoms with van der Waals surface area (Å²) in [7, 11) is 0. The molecule has 0 aliphatic carbocycles. The van der Waals surface area contributed by atoms with Crippen molar-refractivity contribution in [2.75, 3.05) is 5.75 Å². The van der Waals surface area contributed by atoms with Crippen LogP contribution >= 0.6 is 0 Å². The van der Waals surface area contributed by atoms with Gasteiger partial charge < -0.3 is 9.66 Å². The Balaban J connectivity index is 2.56. The van der Waals surface area contributed by atoms with Crippen LogP contribution < -0.4 is 0 Å². The van der Waals surface area contributed by atoms with Crippen molar-refractivity contribution in [3.63, 3.8) is 0 Å². The number of aliphatic carboxylic acids is 1. The molecule has 11 heavy (non-hydrogen) atoms. The van der Waals surface area contributed by atoms with E-state index in [1.165, 1.54) is 6.33 Å². The fourth-order valence-electron chi connectivity index (χ4n) is 0.486. The molecule has 2 N–H and O–H groups in total. The van der Waals surface area contributed by atoms with E-state index in [9.17, 15) is 9.35 Å². The summed E-state index contributed by atoms with van der Waals surface area (Å²) >= 11 is -1.61. The van der Waals surface area contributed by atoms with Crippen molar-refractivity contribution in [2.24, 2.45) is 0 Å². The van der Waals surface area contributed by atoms with Crippen LogP contribution in [0.2, 0.25) is 0 Å². The predicted molar refractivity (Wildman–Crippen MR) is 35.3 cm³/mol. The molecule has 1 unspecified atom stereocenters. The molecule has 0 aromatic carbocycles. The number of rotatable bonds is 3. The fraction of sp³-hybridized carbons (Fsp3) is 0.250. The Bertz CT molecular complexity index is 237. The van der Waals surface area contributed by atoms with Crippen molar-refractivity contribution in [3.05, 3.63) is 6.33 Å². The molecule has 1 atom stereocenters. The molecule has 60 valence electrons. The number of hydrogen-bond acceptors (Lipinski definition) is 4. The normalized spacial score (nSPS) is 12.8. The van der Waals surface area contributed by atoms with Crippen LogP contribution in [0.3, 0.4) is 0 Å². The summed E-state index contributed by atoms with van der Waals surface area (Å²) in [6.45, 7) is 0. The quantitative estimate of drug-likeness (QED) is 0.573. The monoisotopic (exact) mass is 175 g/mol. The molecule has 0 radical (unpaired) electrons. The third-order valence-electron chi connectivity index (χ3n) is 0.865. The Labute approximate surface area is 64.8 Å². The summed E-state index contributed by atoms with van der Waals surface area (Å²) < 4.78 is 10.9. The van der Waals surface area contributed by atoms with Crippen LogP contribution in [0.4, 0.5) is 0 Å². The third-order valence-corrected chi connectivity index (χ3v) is 2.00. The van der Waals surface area contributed by atoms with Crippen LogP contribution in [-0.4, -0.2) is 36.6 Å². The topological polar surface area (TPSA) is 102 Å². The van der Waals surface area contributed by atoms with Crippen LogP contribution in [0.25, 0.3) is 0 Å². The van der Waals surface area contributed by atoms with Gasteiger partial charge >= 0.3 is 11.1 Å². The third kappa shape index (κ3) is 2.20. The lowest BCUT2D eigenvalue weighted by molar-refractivity contribution is -0.134. The van der Waals surface area contributed by atoms with Crippen LogP contribution in [0.15, 0.2) is 11.5 Å². The molecule has 0 spiro atoms. The van der Waals surface area contributed by atoms with Gasteiger partial charge in [-0.2, -0.15) is 0 Å². The molecule has 1 aromatic heterocycles. The first-order valence-electron chi connectivity index (χ1n) is 2.66. The number of nitrogens with zero attached hydrogens (tertiary/aromatic N) is 2. The summed E-state index contributed by atoms with van der Waals surface area (Å²) in [5.74, 6) is -1.57. The average molecular weight is 175 g/mol. The minimum atomic E-state index is -1.61. The summed E-state index contributed by atoms with van der Waals surface area (Å²) in [6, 6.07) is 0. The highest BCUT2D eigenvalue weighted by Crippen LogP contribution is 2.00. The zero-order valence-corrected chi connectivity index (χ0v) is 6.17. The maximum atomic E-state index is 10.9. The minimum absolute atomic E-state index is 0.0902. The van der Waals surface area contributed by atoms with Gasteiger partial charge in [0.05, 0.1) is 0 Å². The first-order chi connectivity index (χ1) is 5.20. The largest absolute Gasteiger partial charge is 0.609 e. The van der Waals surface area contributed by atoms with Gasteiger partial charge in [-0.15, -0.1) is 5.10 Å². The van der Waals surface area contributed by atoms with Gasteiger partial charge in [0.2, 0.25) is 5.75 Å². The summed E-state index contributed by atoms with van der Waals surface area (Å²) in [6.07, 6.45) is 1.25. The van der Waals surface area contributed by atoms with Gasteiger partial charge in [-0.05, 0) is 0 Å². The number of hydrogen-bond donors (Lipinski definition) is 2. The highest BCUT2D eigenvalue weighted by atomic mass is 32.2. The average Bonchev–Trinajstić information content (AvgIpc) is 2.35. The number of carboxylic acids is 1. The van der Waals surface area contributed by atoms with E-state index in [2.05, 4.69) is 15.2 Å². The number of H-pyrrole nitrogens is 1. The van der Waals surface area contributed by atoms with Crippen LogP contribution in [0.1, 0.15) is 0 Å². The van der Waals surface area contributed by atoms with Crippen LogP contribution in [-0.2, 0) is 16.0 Å². The number of nitrogens with one attached hydrogen (secondary N) is 1. The molecule has 0 saturated carbocycles. The lowest BCUT2D eigenvalue weighted by Gasteiger charge is -2.00. The molecular weight excluding hydrogens is 170 g/mol. The Morgan fingerprint density at radius 3 is 3.09 bits per heavy atom. The van der Waals surface area contributed by atoms with E-state index in [0.717, 1.165) is 0 Å². The Morgan fingerprint density at radius 1 is 1.91 bits per heavy atom. The summed E-state index contributed by atoms with van der Waals surface area (Å²) in [5, 5.41) is 15.1. The zero-order valence-electron chi connectivity index (χ0n) is 5.35. The van der Waals surface area contributed by atoms with Crippen molar-refractivity contribution in [3.8, 4) is 0 Å². The molecule has 0 saturated heterocycles. The second-order valence-electron chi connectivity index (χ2n) is 1.68. The number of aromatic nitrogens is 3. The molecule has 0 aliphatic heterocycles. The van der Waals surface area contributed by atoms with E-state index in [4.69, 9.17) is 5.11 Å². The standard InChI is InChI=1S/C4H5N3O3S/c8-3(9)1-11(10)4-5-2-6-7-4/h2H,1H2,(H,8,9)(H,5,6,7). The second-order valence-corrected chi connectivity index (χ2v) is 3.04. The van der Waals surface area contributed by atoms with Crippen LogP contribution in [0.5, 0.6) is 0 Å². The van der Waals surface area contributed by atoms with Gasteiger partial charge in [-0.1, -0.05) is 5.10 Å². The molecule has 1 heterocycles. The predicted octanol–water partition coefficient (Wildman–Crippen LogP) is -1.00. The Morgan fingerprint density at radius 2 is 2.64 bits per heavy atom. The molecular formula is C4H5N3O3S. The van der Waals surface area contributed by atoms with Crippen molar-refractivity contribution in [1.82, 2.24) is 15.2 Å². The van der Waals surface area contributed by atoms with E-state index in [-0.39, 0.29) is 5.16 Å². The smallest absolute Gasteiger partial charge is 0.354 e. The summed E-state index contributed by atoms with van der Waals surface area (Å²) in [4.78, 5) is 12.5. The van der Waals surface area contributed by atoms with Crippen molar-refractivity contribution in [1.29, 1.82) is 0 Å². The Hall–Kier alpha value is -1.08. The first-order valence-corrected chi connectivity index (χ1v) is 3.98. The van der Waals surface area contributed by atoms with Gasteiger partial charge in [0.15, 0.2) is 0 Å². The lowest BCUT2D eigenvalue weighted by atomic mass is 10.8. The van der Waals surface area contributed by atoms with Crippen molar-refractivity contribution < 1.29 is 14.5 Å². The molecule has 6 nitrogen and oxygen atoms in total. The molecule has 0 bridgehead atoms. The minimum Gasteiger partial charge on any atom is -0.609 e. The zero-order chi connectivity index (χ0) is 8.27. The first kappa shape index (κ1) is 8.02. The van der Waals surface area contributed by atoms with Gasteiger partial charge in [0, 0.05) is 11.2 Å². The highest BCUT2D eigenvalue weighted by molar-refractivity contribution is 7.91. The van der Waals surface area contributed by atoms with Crippen LogP contribution in [0, 0.1) is 0 Å². The van der Waals surface area contributed by atoms with E-state index in [1.54, 1.807) is 0 Å². The van der Waals surface area contributed by atoms with E-state index < -0.39 is 22.9 Å². The highest BCUT2D eigenvalue weighted by Gasteiger charge is 2.17. The molecule has 1 aromatic rings. The number of carboxylic acid groups (broad SMARTS) is 1. The van der Waals surface area contributed by atoms with Gasteiger partial charge in [-0.25, -0.2) is 4.79 Å². The molecule has 7 heteroatoms. The van der Waals surface area contributed by atoms with Gasteiger partial charge in [0.25, 0.3) is 0 Å². The maximum Gasteiger partial charge on any atom is 0.354 e. The lowest BCUT2D eigenvalue weighted by Crippen LogP contribution is -2.16. The van der Waals surface area contributed by atoms with E-state index in [0.29, 0.717) is 0 Å². The SMILES string of the molecule is O=C(O)C[S+]([O-])c1nnc[nH]1. The Kier molecular flexibility index (Phi) is 2.44. The van der Waals surface area contributed by atoms with E-state index >= 15 is 0 Å². The molecule has 0 fully saturated rings. The van der Waals surface area contributed by atoms with Crippen molar-refractivity contribution >= 4 is 17.1 Å². The molecule has 1 rings (SSSR count). The summed E-state index contributed by atoms with van der Waals surface area (Å²) in [5.41, 5.74) is 0. The van der Waals surface area contributed by atoms with Gasteiger partial charge in [-0.3, -0.25) is 4.98 Å².